The van der Waals surface area contributed by atoms with Crippen LogP contribution in [-0.4, -0.2) is 4.57 Å². The van der Waals surface area contributed by atoms with Crippen molar-refractivity contribution in [3.63, 3.8) is 0 Å². The first-order valence-electron chi connectivity index (χ1n) is 22.7. The number of para-hydroxylation sites is 3. The summed E-state index contributed by atoms with van der Waals surface area (Å²) in [5.41, 5.74) is 18.8. The fraction of sp³-hybridized carbons (Fsp3) is 0. The number of anilines is 3. The number of fused-ring (bicyclic) bond motifs is 4. The normalized spacial score (nSPS) is 11.3. The Kier molecular flexibility index (Phi) is 9.89. The van der Waals surface area contributed by atoms with Gasteiger partial charge in [-0.2, -0.15) is 0 Å². The molecule has 2 heteroatoms. The van der Waals surface area contributed by atoms with Gasteiger partial charge in [0.15, 0.2) is 0 Å². The molecule has 0 spiro atoms. The van der Waals surface area contributed by atoms with Crippen molar-refractivity contribution >= 4 is 49.6 Å². The molecule has 0 fully saturated rings. The second-order valence-corrected chi connectivity index (χ2v) is 17.0. The lowest BCUT2D eigenvalue weighted by molar-refractivity contribution is 1.18. The Morgan fingerprint density at radius 1 is 0.242 bits per heavy atom. The zero-order chi connectivity index (χ0) is 43.8. The van der Waals surface area contributed by atoms with Crippen LogP contribution in [0.15, 0.2) is 267 Å². The summed E-state index contributed by atoms with van der Waals surface area (Å²) in [5, 5.41) is 5.03. The molecule has 0 amide bonds. The monoisotopic (exact) mass is 840 g/mol. The summed E-state index contributed by atoms with van der Waals surface area (Å²) in [6, 6.07) is 96.8. The van der Waals surface area contributed by atoms with Gasteiger partial charge in [0, 0.05) is 33.4 Å². The third kappa shape index (κ3) is 7.21. The van der Waals surface area contributed by atoms with Crippen LogP contribution in [-0.2, 0) is 0 Å². The number of aromatic nitrogens is 1. The van der Waals surface area contributed by atoms with Crippen molar-refractivity contribution in [1.29, 1.82) is 0 Å². The minimum atomic E-state index is 1.09. The Morgan fingerprint density at radius 2 is 0.682 bits per heavy atom. The Morgan fingerprint density at radius 3 is 1.36 bits per heavy atom. The molecule has 0 atom stereocenters. The van der Waals surface area contributed by atoms with Gasteiger partial charge in [-0.15, -0.1) is 0 Å². The molecule has 11 aromatic carbocycles. The molecular formula is C64H44N2. The number of nitrogens with zero attached hydrogens (tertiary/aromatic N) is 2. The lowest BCUT2D eigenvalue weighted by atomic mass is 9.97. The van der Waals surface area contributed by atoms with Gasteiger partial charge in [-0.1, -0.05) is 200 Å². The van der Waals surface area contributed by atoms with E-state index in [-0.39, 0.29) is 0 Å². The first kappa shape index (κ1) is 38.9. The summed E-state index contributed by atoms with van der Waals surface area (Å²) in [6.45, 7) is 0. The van der Waals surface area contributed by atoms with Crippen LogP contribution >= 0.6 is 0 Å². The highest BCUT2D eigenvalue weighted by Crippen LogP contribution is 2.40. The van der Waals surface area contributed by atoms with Crippen molar-refractivity contribution < 1.29 is 0 Å². The molecule has 12 aromatic rings. The molecule has 0 saturated heterocycles. The Hall–Kier alpha value is -8.72. The van der Waals surface area contributed by atoms with E-state index in [2.05, 4.69) is 276 Å². The van der Waals surface area contributed by atoms with Crippen LogP contribution in [0, 0.1) is 0 Å². The largest absolute Gasteiger partial charge is 0.310 e. The van der Waals surface area contributed by atoms with E-state index in [4.69, 9.17) is 0 Å². The lowest BCUT2D eigenvalue weighted by Crippen LogP contribution is -2.10. The minimum Gasteiger partial charge on any atom is -0.310 e. The van der Waals surface area contributed by atoms with Crippen LogP contribution in [0.1, 0.15) is 0 Å². The van der Waals surface area contributed by atoms with Gasteiger partial charge in [0.25, 0.3) is 0 Å². The summed E-state index contributed by atoms with van der Waals surface area (Å²) in [6.07, 6.45) is 0. The van der Waals surface area contributed by atoms with E-state index in [0.717, 1.165) is 17.1 Å². The van der Waals surface area contributed by atoms with Gasteiger partial charge in [0.05, 0.1) is 16.7 Å². The highest BCUT2D eigenvalue weighted by atomic mass is 15.1. The van der Waals surface area contributed by atoms with Crippen molar-refractivity contribution in [2.75, 3.05) is 4.90 Å². The van der Waals surface area contributed by atoms with E-state index in [1.165, 1.54) is 93.9 Å². The maximum absolute atomic E-state index is 2.41. The molecule has 0 aliphatic heterocycles. The first-order chi connectivity index (χ1) is 32.7. The molecule has 310 valence electrons. The van der Waals surface area contributed by atoms with Crippen LogP contribution in [0.4, 0.5) is 17.1 Å². The number of benzene rings is 11. The minimum absolute atomic E-state index is 1.09. The topological polar surface area (TPSA) is 8.17 Å². The van der Waals surface area contributed by atoms with Crippen molar-refractivity contribution in [3.05, 3.63) is 267 Å². The molecule has 1 heterocycles. The summed E-state index contributed by atoms with van der Waals surface area (Å²) in [4.78, 5) is 2.36. The Labute approximate surface area is 385 Å². The quantitative estimate of drug-likeness (QED) is 0.141. The highest BCUT2D eigenvalue weighted by molar-refractivity contribution is 6.09. The molecule has 0 radical (unpaired) electrons. The van der Waals surface area contributed by atoms with Gasteiger partial charge in [-0.25, -0.2) is 0 Å². The molecule has 66 heavy (non-hydrogen) atoms. The number of hydrogen-bond donors (Lipinski definition) is 0. The molecule has 12 rings (SSSR count). The van der Waals surface area contributed by atoms with E-state index in [1.54, 1.807) is 0 Å². The average Bonchev–Trinajstić information content (AvgIpc) is 3.74. The first-order valence-corrected chi connectivity index (χ1v) is 22.7. The van der Waals surface area contributed by atoms with E-state index >= 15 is 0 Å². The van der Waals surface area contributed by atoms with E-state index in [0.29, 0.717) is 0 Å². The van der Waals surface area contributed by atoms with Crippen molar-refractivity contribution in [3.8, 4) is 61.3 Å². The van der Waals surface area contributed by atoms with E-state index in [9.17, 15) is 0 Å². The number of rotatable bonds is 9. The molecule has 0 bridgehead atoms. The van der Waals surface area contributed by atoms with Crippen molar-refractivity contribution in [2.24, 2.45) is 0 Å². The molecule has 2 nitrogen and oxygen atoms in total. The summed E-state index contributed by atoms with van der Waals surface area (Å²) in [5.74, 6) is 0. The predicted octanol–water partition coefficient (Wildman–Crippen LogP) is 17.7. The molecule has 0 saturated carbocycles. The molecule has 0 aliphatic rings. The zero-order valence-corrected chi connectivity index (χ0v) is 36.3. The smallest absolute Gasteiger partial charge is 0.0541 e. The SMILES string of the molecule is c1ccc(-c2cccc(N(c3ccc(-c4ccc(-c5ccccc5-n5c6ccccc6c6ccccc65)cc4)cc3)c3ccc(-c4cccc(-c5ccc6ccccc6c5)c4)cc3)c2)cc1. The standard InChI is InChI=1S/C64H44N2/c1-2-14-45(15-3-1)54-20-13-21-58(44-54)65(57-40-36-49(37-41-57)52-18-12-19-53(42-52)55-33-30-46-16-4-5-17-51(46)43-55)56-38-34-48(35-39-56)47-28-31-50(32-29-47)59-22-6-9-25-62(59)66-63-26-10-7-23-60(63)61-24-8-11-27-64(61)66/h1-44H. The highest BCUT2D eigenvalue weighted by Gasteiger charge is 2.17. The summed E-state index contributed by atoms with van der Waals surface area (Å²) in [7, 11) is 0. The van der Waals surface area contributed by atoms with Gasteiger partial charge >= 0.3 is 0 Å². The Bertz CT molecular complexity index is 3620. The molecule has 1 aromatic heterocycles. The van der Waals surface area contributed by atoms with Crippen molar-refractivity contribution in [1.82, 2.24) is 4.57 Å². The van der Waals surface area contributed by atoms with Crippen LogP contribution in [0.25, 0.3) is 93.9 Å². The van der Waals surface area contributed by atoms with E-state index < -0.39 is 0 Å². The Balaban J connectivity index is 0.870. The lowest BCUT2D eigenvalue weighted by Gasteiger charge is -2.26. The third-order valence-corrected chi connectivity index (χ3v) is 13.0. The van der Waals surface area contributed by atoms with Crippen LogP contribution in [0.2, 0.25) is 0 Å². The molecule has 0 aliphatic carbocycles. The van der Waals surface area contributed by atoms with Gasteiger partial charge in [-0.3, -0.25) is 0 Å². The van der Waals surface area contributed by atoms with Gasteiger partial charge in [-0.05, 0) is 128 Å². The van der Waals surface area contributed by atoms with Crippen LogP contribution in [0.3, 0.4) is 0 Å². The summed E-state index contributed by atoms with van der Waals surface area (Å²) >= 11 is 0. The second kappa shape index (κ2) is 16.8. The maximum atomic E-state index is 2.41. The number of hydrogen-bond acceptors (Lipinski definition) is 1. The molecule has 0 N–H and O–H groups in total. The van der Waals surface area contributed by atoms with Crippen molar-refractivity contribution in [2.45, 2.75) is 0 Å². The second-order valence-electron chi connectivity index (χ2n) is 17.0. The molecule has 0 unspecified atom stereocenters. The fourth-order valence-electron chi connectivity index (χ4n) is 9.69. The van der Waals surface area contributed by atoms with Crippen LogP contribution in [0.5, 0.6) is 0 Å². The fourth-order valence-corrected chi connectivity index (χ4v) is 9.69. The zero-order valence-electron chi connectivity index (χ0n) is 36.3. The van der Waals surface area contributed by atoms with E-state index in [1.807, 2.05) is 0 Å². The average molecular weight is 841 g/mol. The van der Waals surface area contributed by atoms with Gasteiger partial charge in [0.2, 0.25) is 0 Å². The predicted molar refractivity (Wildman–Crippen MR) is 280 cm³/mol. The third-order valence-electron chi connectivity index (χ3n) is 13.0. The van der Waals surface area contributed by atoms with Crippen LogP contribution < -0.4 is 4.90 Å². The van der Waals surface area contributed by atoms with Gasteiger partial charge in [0.1, 0.15) is 0 Å². The molecular weight excluding hydrogens is 797 g/mol. The maximum Gasteiger partial charge on any atom is 0.0541 e. The summed E-state index contributed by atoms with van der Waals surface area (Å²) < 4.78 is 2.41. The van der Waals surface area contributed by atoms with Gasteiger partial charge < -0.3 is 9.47 Å².